The fraction of sp³-hybridized carbons (Fsp3) is 1.00. The van der Waals surface area contributed by atoms with Crippen LogP contribution in [-0.2, 0) is 18.2 Å². The number of rotatable bonds is 1. The van der Waals surface area contributed by atoms with Gasteiger partial charge in [0.15, 0.2) is 0 Å². The van der Waals surface area contributed by atoms with E-state index in [1.54, 1.807) is 0 Å². The molecule has 0 atom stereocenters. The first-order chi connectivity index (χ1) is 3.51. The van der Waals surface area contributed by atoms with Gasteiger partial charge in [0.2, 0.25) is 0 Å². The summed E-state index contributed by atoms with van der Waals surface area (Å²) in [5.74, 6) is 0. The van der Waals surface area contributed by atoms with Crippen LogP contribution in [0.2, 0.25) is 19.6 Å². The summed E-state index contributed by atoms with van der Waals surface area (Å²) in [6.45, 7) is 1.85. The summed E-state index contributed by atoms with van der Waals surface area (Å²) >= 11 is 0. The quantitative estimate of drug-likeness (QED) is 0.662. The van der Waals surface area contributed by atoms with Crippen molar-refractivity contribution in [3.8, 4) is 0 Å². The van der Waals surface area contributed by atoms with E-state index in [-0.39, 0.29) is 0 Å². The van der Waals surface area contributed by atoms with E-state index in [9.17, 15) is 7.61 Å². The molecule has 0 radical (unpaired) electrons. The molecule has 1 N–H and O–H groups in total. The first-order valence-corrected chi connectivity index (χ1v) is 11.1. The standard InChI is InChI=1S/C3H9Si.ClH.Cr.H2O.2O/c1-4(2)3;;;;;/h1-3H3;1H;;1H2;;/q;;+2;;;/p-2. The summed E-state index contributed by atoms with van der Waals surface area (Å²) < 4.78 is 30.1. The molecule has 6 heteroatoms. The summed E-state index contributed by atoms with van der Waals surface area (Å²) in [7, 11) is -0.639. The van der Waals surface area contributed by atoms with Gasteiger partial charge in [0, 0.05) is 0 Å². The van der Waals surface area contributed by atoms with Crippen molar-refractivity contribution in [1.82, 2.24) is 0 Å². The third kappa shape index (κ3) is 2.36. The normalized spacial score (nSPS) is 18.6. The van der Waals surface area contributed by atoms with Gasteiger partial charge in [-0.3, -0.25) is 0 Å². The van der Waals surface area contributed by atoms with E-state index in [4.69, 9.17) is 14.2 Å². The average molecular weight is 210 g/mol. The van der Waals surface area contributed by atoms with Crippen molar-refractivity contribution in [2.24, 2.45) is 0 Å². The molecule has 0 aromatic heterocycles. The van der Waals surface area contributed by atoms with Crippen LogP contribution in [0.1, 0.15) is 0 Å². The Morgan fingerprint density at radius 1 is 1.33 bits per heavy atom. The van der Waals surface area contributed by atoms with Crippen LogP contribution >= 0.6 is 10.0 Å². The molecule has 0 aromatic carbocycles. The van der Waals surface area contributed by atoms with Crippen LogP contribution < -0.4 is 0 Å². The molecule has 9 heavy (non-hydrogen) atoms. The van der Waals surface area contributed by atoms with Crippen molar-refractivity contribution >= 4 is 16.7 Å². The molecule has 0 aromatic rings. The maximum absolute atomic E-state index is 10.7. The summed E-state index contributed by atoms with van der Waals surface area (Å²) in [5, 5.41) is 0. The molecule has 0 aliphatic carbocycles. The summed E-state index contributed by atoms with van der Waals surface area (Å²) in [6, 6.07) is 0. The number of halogens is 1. The van der Waals surface area contributed by atoms with Crippen molar-refractivity contribution in [1.29, 1.82) is 0 Å². The topological polar surface area (TPSA) is 54.4 Å². The molecule has 0 heterocycles. The average Bonchev–Trinajstić information content (AvgIpc) is 1.20. The van der Waals surface area contributed by atoms with Crippen LogP contribution in [0.4, 0.5) is 0 Å². The molecular formula is C3H10ClCrO3Si. The molecule has 57 valence electrons. The minimum atomic E-state index is -5.58. The van der Waals surface area contributed by atoms with E-state index in [1.807, 2.05) is 0 Å². The Morgan fingerprint density at radius 3 is 1.44 bits per heavy atom. The van der Waals surface area contributed by atoms with Crippen LogP contribution in [0, 0.1) is 0 Å². The third-order valence-corrected chi connectivity index (χ3v) is 18.2. The van der Waals surface area contributed by atoms with Gasteiger partial charge in [0.25, 0.3) is 0 Å². The van der Waals surface area contributed by atoms with Crippen molar-refractivity contribution in [3.05, 3.63) is 0 Å². The first kappa shape index (κ1) is 9.60. The monoisotopic (exact) mass is 209 g/mol. The van der Waals surface area contributed by atoms with E-state index in [0.29, 0.717) is 0 Å². The Kier molecular flexibility index (Phi) is 1.92. The number of hydrogen-bond donors (Lipinski definition) is 1. The Bertz CT molecular complexity index is 222. The van der Waals surface area contributed by atoms with E-state index >= 15 is 0 Å². The molecule has 0 unspecified atom stereocenters. The van der Waals surface area contributed by atoms with Crippen LogP contribution in [0.5, 0.6) is 0 Å². The van der Waals surface area contributed by atoms with Crippen LogP contribution in [-0.4, -0.2) is 10.8 Å². The second-order valence-corrected chi connectivity index (χ2v) is 21.4. The molecule has 0 aliphatic heterocycles. The van der Waals surface area contributed by atoms with E-state index in [2.05, 4.69) is 0 Å². The van der Waals surface area contributed by atoms with Gasteiger partial charge >= 0.3 is 58.7 Å². The molecule has 0 aliphatic rings. The Balaban J connectivity index is 5.07. The number of hydrogen-bond acceptors (Lipinski definition) is 2. The molecule has 0 saturated heterocycles. The van der Waals surface area contributed by atoms with Crippen molar-refractivity contribution in [2.45, 2.75) is 19.6 Å². The van der Waals surface area contributed by atoms with Gasteiger partial charge < -0.3 is 0 Å². The van der Waals surface area contributed by atoms with Crippen LogP contribution in [0.25, 0.3) is 0 Å². The van der Waals surface area contributed by atoms with Gasteiger partial charge in [-0.1, -0.05) is 0 Å². The van der Waals surface area contributed by atoms with Crippen LogP contribution in [0.15, 0.2) is 0 Å². The van der Waals surface area contributed by atoms with E-state index < -0.39 is 17.3 Å². The van der Waals surface area contributed by atoms with Crippen LogP contribution in [0.3, 0.4) is 0 Å². The van der Waals surface area contributed by atoms with Gasteiger partial charge in [-0.2, -0.15) is 0 Å². The Morgan fingerprint density at radius 2 is 1.44 bits per heavy atom. The fourth-order valence-electron chi connectivity index (χ4n) is 0. The molecule has 0 bridgehead atoms. The summed E-state index contributed by atoms with van der Waals surface area (Å²) in [5.41, 5.74) is 0. The van der Waals surface area contributed by atoms with Gasteiger partial charge in [-0.15, -0.1) is 0 Å². The van der Waals surface area contributed by atoms with Gasteiger partial charge in [-0.25, -0.2) is 0 Å². The molecule has 0 rings (SSSR count). The van der Waals surface area contributed by atoms with Crippen molar-refractivity contribution in [3.63, 3.8) is 0 Å². The molecule has 0 amide bonds. The van der Waals surface area contributed by atoms with Gasteiger partial charge in [0.1, 0.15) is 0 Å². The molecule has 3 nitrogen and oxygen atoms in total. The minimum absolute atomic E-state index is 1.49. The second kappa shape index (κ2) is 1.80. The van der Waals surface area contributed by atoms with Gasteiger partial charge in [-0.05, 0) is 0 Å². The summed E-state index contributed by atoms with van der Waals surface area (Å²) in [6.07, 6.45) is 0. The molecule has 0 fully saturated rings. The van der Waals surface area contributed by atoms with Crippen molar-refractivity contribution in [2.75, 3.05) is 0 Å². The van der Waals surface area contributed by atoms with E-state index in [1.165, 1.54) is 19.6 Å². The third-order valence-electron chi connectivity index (χ3n) is 1.01. The second-order valence-electron chi connectivity index (χ2n) is 2.86. The SMILES string of the molecule is C[Si](C)(C)[Cr](=[O])(=[O])([OH])[Cl]. The first-order valence-electron chi connectivity index (χ1n) is 2.37. The molecular weight excluding hydrogens is 200 g/mol. The maximum atomic E-state index is 10.7. The molecule has 0 saturated carbocycles. The Labute approximate surface area is 59.0 Å². The fourth-order valence-corrected chi connectivity index (χ4v) is 0. The van der Waals surface area contributed by atoms with E-state index in [0.717, 1.165) is 0 Å². The predicted molar refractivity (Wildman–Crippen MR) is 32.8 cm³/mol. The van der Waals surface area contributed by atoms with Crippen molar-refractivity contribution < 1.29 is 22.4 Å². The zero-order valence-electron chi connectivity index (χ0n) is 5.55. The predicted octanol–water partition coefficient (Wildman–Crippen LogP) is 1.26. The Hall–Kier alpha value is 0.599. The zero-order chi connectivity index (χ0) is 7.95. The molecule has 0 spiro atoms. The zero-order valence-corrected chi connectivity index (χ0v) is 8.58. The van der Waals surface area contributed by atoms with Gasteiger partial charge in [0.05, 0.1) is 0 Å². The summed E-state index contributed by atoms with van der Waals surface area (Å²) in [4.78, 5) is 0.